The molecule has 0 fully saturated rings. The summed E-state index contributed by atoms with van der Waals surface area (Å²) in [6, 6.07) is 5.91. The van der Waals surface area contributed by atoms with E-state index in [4.69, 9.17) is 11.6 Å². The molecule has 0 aromatic heterocycles. The Morgan fingerprint density at radius 3 is 2.86 bits per heavy atom. The normalized spacial score (nSPS) is 11.9. The molecular formula is C11H13BrClN. The van der Waals surface area contributed by atoms with Gasteiger partial charge in [-0.05, 0) is 47.6 Å². The molecule has 0 saturated heterocycles. The van der Waals surface area contributed by atoms with Crippen molar-refractivity contribution in [2.24, 2.45) is 0 Å². The lowest BCUT2D eigenvalue weighted by Gasteiger charge is -2.01. The van der Waals surface area contributed by atoms with Crippen LogP contribution in [0.3, 0.4) is 0 Å². The van der Waals surface area contributed by atoms with E-state index in [2.05, 4.69) is 34.2 Å². The van der Waals surface area contributed by atoms with Gasteiger partial charge >= 0.3 is 0 Å². The van der Waals surface area contributed by atoms with Crippen LogP contribution in [0.5, 0.6) is 0 Å². The van der Waals surface area contributed by atoms with Crippen LogP contribution in [0, 0.1) is 0 Å². The molecule has 1 rings (SSSR count). The van der Waals surface area contributed by atoms with Crippen LogP contribution < -0.4 is 5.32 Å². The summed E-state index contributed by atoms with van der Waals surface area (Å²) in [6.07, 6.45) is 2.14. The molecule has 0 aliphatic carbocycles. The number of benzene rings is 1. The van der Waals surface area contributed by atoms with Crippen molar-refractivity contribution in [1.82, 2.24) is 5.32 Å². The first-order valence-electron chi connectivity index (χ1n) is 4.40. The predicted octanol–water partition coefficient (Wildman–Crippen LogP) is 3.73. The second kappa shape index (κ2) is 5.54. The fourth-order valence-electron chi connectivity index (χ4n) is 1.22. The standard InChI is InChI=1S/C11H13BrClN/c1-8(7-14-2)5-9-3-4-11(13)10(12)6-9/h3-6,14H,7H2,1-2H3/b8-5+. The Hall–Kier alpha value is -0.310. The van der Waals surface area contributed by atoms with Crippen molar-refractivity contribution in [3.63, 3.8) is 0 Å². The van der Waals surface area contributed by atoms with Crippen LogP contribution in [0.2, 0.25) is 5.02 Å². The lowest BCUT2D eigenvalue weighted by atomic mass is 10.1. The highest BCUT2D eigenvalue weighted by atomic mass is 79.9. The van der Waals surface area contributed by atoms with E-state index in [1.807, 2.05) is 25.2 Å². The zero-order valence-electron chi connectivity index (χ0n) is 8.27. The fraction of sp³-hybridized carbons (Fsp3) is 0.273. The Morgan fingerprint density at radius 2 is 2.29 bits per heavy atom. The molecule has 1 N–H and O–H groups in total. The zero-order valence-corrected chi connectivity index (χ0v) is 10.6. The molecule has 0 atom stereocenters. The van der Waals surface area contributed by atoms with Gasteiger partial charge in [0.1, 0.15) is 0 Å². The lowest BCUT2D eigenvalue weighted by Crippen LogP contribution is -2.08. The smallest absolute Gasteiger partial charge is 0.0548 e. The maximum absolute atomic E-state index is 5.90. The molecule has 1 aromatic carbocycles. The summed E-state index contributed by atoms with van der Waals surface area (Å²) in [5.41, 5.74) is 2.45. The molecular weight excluding hydrogens is 261 g/mol. The molecule has 0 spiro atoms. The molecule has 0 saturated carbocycles. The topological polar surface area (TPSA) is 12.0 Å². The largest absolute Gasteiger partial charge is 0.316 e. The van der Waals surface area contributed by atoms with Crippen molar-refractivity contribution in [3.05, 3.63) is 38.8 Å². The molecule has 3 heteroatoms. The molecule has 0 heterocycles. The lowest BCUT2D eigenvalue weighted by molar-refractivity contribution is 0.884. The van der Waals surface area contributed by atoms with Gasteiger partial charge in [0, 0.05) is 11.0 Å². The highest BCUT2D eigenvalue weighted by Gasteiger charge is 1.97. The van der Waals surface area contributed by atoms with E-state index in [0.29, 0.717) is 0 Å². The first-order valence-corrected chi connectivity index (χ1v) is 5.57. The number of hydrogen-bond donors (Lipinski definition) is 1. The maximum Gasteiger partial charge on any atom is 0.0548 e. The summed E-state index contributed by atoms with van der Waals surface area (Å²) in [6.45, 7) is 3.00. The fourth-order valence-corrected chi connectivity index (χ4v) is 1.73. The number of rotatable bonds is 3. The van der Waals surface area contributed by atoms with Gasteiger partial charge in [-0.3, -0.25) is 0 Å². The van der Waals surface area contributed by atoms with Gasteiger partial charge in [0.15, 0.2) is 0 Å². The third kappa shape index (κ3) is 3.45. The van der Waals surface area contributed by atoms with Crippen molar-refractivity contribution in [1.29, 1.82) is 0 Å². The molecule has 76 valence electrons. The number of nitrogens with one attached hydrogen (secondary N) is 1. The van der Waals surface area contributed by atoms with Gasteiger partial charge in [-0.1, -0.05) is 29.3 Å². The average molecular weight is 275 g/mol. The van der Waals surface area contributed by atoms with Crippen LogP contribution in [0.1, 0.15) is 12.5 Å². The Kier molecular flexibility index (Phi) is 4.66. The SMILES string of the molecule is CNC/C(C)=C/c1ccc(Cl)c(Br)c1. The second-order valence-corrected chi connectivity index (χ2v) is 4.46. The van der Waals surface area contributed by atoms with Crippen molar-refractivity contribution >= 4 is 33.6 Å². The van der Waals surface area contributed by atoms with Gasteiger partial charge in [0.2, 0.25) is 0 Å². The van der Waals surface area contributed by atoms with E-state index in [0.717, 1.165) is 21.6 Å². The summed E-state index contributed by atoms with van der Waals surface area (Å²) in [4.78, 5) is 0. The first kappa shape index (κ1) is 11.8. The monoisotopic (exact) mass is 273 g/mol. The van der Waals surface area contributed by atoms with E-state index >= 15 is 0 Å². The number of halogens is 2. The first-order chi connectivity index (χ1) is 6.63. The average Bonchev–Trinajstić information content (AvgIpc) is 2.12. The molecule has 14 heavy (non-hydrogen) atoms. The Balaban J connectivity index is 2.87. The van der Waals surface area contributed by atoms with E-state index in [-0.39, 0.29) is 0 Å². The summed E-state index contributed by atoms with van der Waals surface area (Å²) in [5.74, 6) is 0. The minimum Gasteiger partial charge on any atom is -0.316 e. The van der Waals surface area contributed by atoms with E-state index < -0.39 is 0 Å². The molecule has 0 unspecified atom stereocenters. The molecule has 0 bridgehead atoms. The highest BCUT2D eigenvalue weighted by Crippen LogP contribution is 2.24. The Morgan fingerprint density at radius 1 is 1.57 bits per heavy atom. The Bertz CT molecular complexity index is 347. The number of likely N-dealkylation sites (N-methyl/N-ethyl adjacent to an activating group) is 1. The summed E-state index contributed by atoms with van der Waals surface area (Å²) < 4.78 is 0.935. The molecule has 0 aliphatic heterocycles. The summed E-state index contributed by atoms with van der Waals surface area (Å²) in [5, 5.41) is 3.85. The third-order valence-electron chi connectivity index (χ3n) is 1.81. The van der Waals surface area contributed by atoms with E-state index in [1.54, 1.807) is 0 Å². The second-order valence-electron chi connectivity index (χ2n) is 3.19. The van der Waals surface area contributed by atoms with E-state index in [9.17, 15) is 0 Å². The van der Waals surface area contributed by atoms with Gasteiger partial charge in [0.25, 0.3) is 0 Å². The van der Waals surface area contributed by atoms with Gasteiger partial charge in [-0.25, -0.2) is 0 Å². The van der Waals surface area contributed by atoms with Crippen LogP contribution in [0.15, 0.2) is 28.2 Å². The van der Waals surface area contributed by atoms with E-state index in [1.165, 1.54) is 5.57 Å². The third-order valence-corrected chi connectivity index (χ3v) is 3.03. The highest BCUT2D eigenvalue weighted by molar-refractivity contribution is 9.10. The van der Waals surface area contributed by atoms with Crippen LogP contribution in [-0.4, -0.2) is 13.6 Å². The van der Waals surface area contributed by atoms with Crippen LogP contribution in [0.25, 0.3) is 6.08 Å². The van der Waals surface area contributed by atoms with Gasteiger partial charge in [0.05, 0.1) is 5.02 Å². The summed E-state index contributed by atoms with van der Waals surface area (Å²) in [7, 11) is 1.94. The minimum absolute atomic E-state index is 0.744. The van der Waals surface area contributed by atoms with Gasteiger partial charge < -0.3 is 5.32 Å². The van der Waals surface area contributed by atoms with Crippen LogP contribution in [0.4, 0.5) is 0 Å². The summed E-state index contributed by atoms with van der Waals surface area (Å²) >= 11 is 9.30. The van der Waals surface area contributed by atoms with Crippen molar-refractivity contribution < 1.29 is 0 Å². The van der Waals surface area contributed by atoms with Crippen molar-refractivity contribution in [3.8, 4) is 0 Å². The molecule has 1 nitrogen and oxygen atoms in total. The molecule has 1 aromatic rings. The molecule has 0 radical (unpaired) electrons. The van der Waals surface area contributed by atoms with Crippen molar-refractivity contribution in [2.45, 2.75) is 6.92 Å². The van der Waals surface area contributed by atoms with Crippen LogP contribution in [-0.2, 0) is 0 Å². The predicted molar refractivity (Wildman–Crippen MR) is 66.7 cm³/mol. The van der Waals surface area contributed by atoms with Gasteiger partial charge in [-0.15, -0.1) is 0 Å². The number of hydrogen-bond acceptors (Lipinski definition) is 1. The Labute approximate surface area is 98.3 Å². The maximum atomic E-state index is 5.90. The van der Waals surface area contributed by atoms with Crippen molar-refractivity contribution in [2.75, 3.05) is 13.6 Å². The molecule has 0 amide bonds. The quantitative estimate of drug-likeness (QED) is 0.886. The zero-order chi connectivity index (χ0) is 10.6. The van der Waals surface area contributed by atoms with Gasteiger partial charge in [-0.2, -0.15) is 0 Å². The minimum atomic E-state index is 0.744. The molecule has 0 aliphatic rings. The van der Waals surface area contributed by atoms with Crippen LogP contribution >= 0.6 is 27.5 Å².